The van der Waals surface area contributed by atoms with Crippen LogP contribution in [0.4, 0.5) is 10.5 Å². The lowest BCUT2D eigenvalue weighted by atomic mass is 10.0. The number of urea groups is 1. The summed E-state index contributed by atoms with van der Waals surface area (Å²) < 4.78 is 6.04. The molecule has 0 unspecified atom stereocenters. The van der Waals surface area contributed by atoms with Gasteiger partial charge in [-0.15, -0.1) is 12.4 Å². The van der Waals surface area contributed by atoms with Crippen molar-refractivity contribution in [1.82, 2.24) is 9.80 Å². The van der Waals surface area contributed by atoms with Gasteiger partial charge in [0.1, 0.15) is 5.75 Å². The molecule has 5 nitrogen and oxygen atoms in total. The van der Waals surface area contributed by atoms with Gasteiger partial charge in [-0.05, 0) is 86.7 Å². The fourth-order valence-corrected chi connectivity index (χ4v) is 4.73. The van der Waals surface area contributed by atoms with Gasteiger partial charge in [0.25, 0.3) is 0 Å². The van der Waals surface area contributed by atoms with Crippen LogP contribution in [0.5, 0.6) is 5.75 Å². The lowest BCUT2D eigenvalue weighted by Crippen LogP contribution is -2.36. The van der Waals surface area contributed by atoms with Gasteiger partial charge in [0.05, 0.1) is 16.7 Å². The number of amides is 2. The SMILES string of the molecule is Cl.O=C(Nc1ccc(Cl)c(Cl)c1)N1CCc2ccc(OCCCN3CCCCC3)cc2CC1. The summed E-state index contributed by atoms with van der Waals surface area (Å²) >= 11 is 12.0. The first-order valence-corrected chi connectivity index (χ1v) is 12.3. The Hall–Kier alpha value is -1.66. The highest BCUT2D eigenvalue weighted by atomic mass is 35.5. The van der Waals surface area contributed by atoms with E-state index in [0.717, 1.165) is 38.2 Å². The Balaban J connectivity index is 0.00000306. The molecule has 0 bridgehead atoms. The first-order valence-electron chi connectivity index (χ1n) is 11.6. The van der Waals surface area contributed by atoms with E-state index in [4.69, 9.17) is 27.9 Å². The van der Waals surface area contributed by atoms with Gasteiger partial charge in [-0.2, -0.15) is 0 Å². The number of carbonyl (C=O) groups is 1. The van der Waals surface area contributed by atoms with Crippen molar-refractivity contribution in [3.63, 3.8) is 0 Å². The molecule has 0 atom stereocenters. The van der Waals surface area contributed by atoms with E-state index in [2.05, 4.69) is 28.4 Å². The number of carbonyl (C=O) groups excluding carboxylic acids is 1. The first-order chi connectivity index (χ1) is 15.6. The number of rotatable bonds is 6. The van der Waals surface area contributed by atoms with Gasteiger partial charge in [0.2, 0.25) is 0 Å². The molecule has 4 rings (SSSR count). The van der Waals surface area contributed by atoms with Crippen LogP contribution in [-0.2, 0) is 12.8 Å². The molecule has 1 fully saturated rings. The Morgan fingerprint density at radius 2 is 1.67 bits per heavy atom. The molecule has 0 aliphatic carbocycles. The molecule has 180 valence electrons. The summed E-state index contributed by atoms with van der Waals surface area (Å²) in [6.45, 7) is 5.66. The maximum atomic E-state index is 12.7. The van der Waals surface area contributed by atoms with Crippen molar-refractivity contribution >= 4 is 47.3 Å². The van der Waals surface area contributed by atoms with Crippen LogP contribution in [0.25, 0.3) is 0 Å². The third kappa shape index (κ3) is 7.41. The van der Waals surface area contributed by atoms with Crippen LogP contribution in [0.15, 0.2) is 36.4 Å². The van der Waals surface area contributed by atoms with E-state index in [1.165, 1.54) is 43.5 Å². The summed E-state index contributed by atoms with van der Waals surface area (Å²) in [6.07, 6.45) is 6.73. The molecule has 2 aromatic carbocycles. The highest BCUT2D eigenvalue weighted by molar-refractivity contribution is 6.42. The van der Waals surface area contributed by atoms with Crippen molar-refractivity contribution in [2.75, 3.05) is 44.6 Å². The molecular formula is C25H32Cl3N3O2. The maximum Gasteiger partial charge on any atom is 0.321 e. The summed E-state index contributed by atoms with van der Waals surface area (Å²) in [5.74, 6) is 0.927. The fraction of sp³-hybridized carbons (Fsp3) is 0.480. The zero-order valence-corrected chi connectivity index (χ0v) is 21.2. The van der Waals surface area contributed by atoms with Crippen molar-refractivity contribution in [1.29, 1.82) is 0 Å². The first kappa shape index (κ1) is 26.0. The highest BCUT2D eigenvalue weighted by Gasteiger charge is 2.19. The van der Waals surface area contributed by atoms with Crippen molar-refractivity contribution in [3.8, 4) is 5.75 Å². The van der Waals surface area contributed by atoms with E-state index < -0.39 is 0 Å². The zero-order valence-electron chi connectivity index (χ0n) is 18.8. The molecular weight excluding hydrogens is 481 g/mol. The smallest absolute Gasteiger partial charge is 0.321 e. The highest BCUT2D eigenvalue weighted by Crippen LogP contribution is 2.26. The van der Waals surface area contributed by atoms with Gasteiger partial charge in [-0.25, -0.2) is 4.79 Å². The van der Waals surface area contributed by atoms with Gasteiger partial charge < -0.3 is 19.9 Å². The summed E-state index contributed by atoms with van der Waals surface area (Å²) in [4.78, 5) is 17.1. The Morgan fingerprint density at radius 3 is 2.42 bits per heavy atom. The lowest BCUT2D eigenvalue weighted by molar-refractivity contribution is 0.205. The van der Waals surface area contributed by atoms with Crippen LogP contribution in [0.1, 0.15) is 36.8 Å². The third-order valence-corrected chi connectivity index (χ3v) is 7.01. The summed E-state index contributed by atoms with van der Waals surface area (Å²) in [5.41, 5.74) is 3.20. The van der Waals surface area contributed by atoms with E-state index in [1.54, 1.807) is 18.2 Å². The maximum absolute atomic E-state index is 12.7. The summed E-state index contributed by atoms with van der Waals surface area (Å²) in [7, 11) is 0. The molecule has 2 aliphatic heterocycles. The van der Waals surface area contributed by atoms with Crippen LogP contribution in [0.3, 0.4) is 0 Å². The van der Waals surface area contributed by atoms with E-state index in [0.29, 0.717) is 28.8 Å². The van der Waals surface area contributed by atoms with Crippen molar-refractivity contribution in [2.45, 2.75) is 38.5 Å². The molecule has 2 aliphatic rings. The number of halogens is 3. The molecule has 1 N–H and O–H groups in total. The number of fused-ring (bicyclic) bond motifs is 1. The topological polar surface area (TPSA) is 44.8 Å². The molecule has 0 radical (unpaired) electrons. The van der Waals surface area contributed by atoms with Crippen molar-refractivity contribution in [3.05, 3.63) is 57.6 Å². The quantitative estimate of drug-likeness (QED) is 0.462. The fourth-order valence-electron chi connectivity index (χ4n) is 4.43. The van der Waals surface area contributed by atoms with Crippen LogP contribution in [0.2, 0.25) is 10.0 Å². The number of piperidine rings is 1. The summed E-state index contributed by atoms with van der Waals surface area (Å²) in [6, 6.07) is 11.4. The molecule has 0 saturated carbocycles. The predicted molar refractivity (Wildman–Crippen MR) is 139 cm³/mol. The normalized spacial score (nSPS) is 16.4. The molecule has 0 aromatic heterocycles. The van der Waals surface area contributed by atoms with E-state index in [1.807, 2.05) is 4.90 Å². The van der Waals surface area contributed by atoms with Crippen molar-refractivity contribution in [2.24, 2.45) is 0 Å². The second kappa shape index (κ2) is 12.7. The number of nitrogens with zero attached hydrogens (tertiary/aromatic N) is 2. The van der Waals surface area contributed by atoms with Crippen LogP contribution in [0, 0.1) is 0 Å². The Labute approximate surface area is 212 Å². The molecule has 0 spiro atoms. The largest absolute Gasteiger partial charge is 0.494 e. The van der Waals surface area contributed by atoms with Gasteiger partial charge in [-0.1, -0.05) is 35.7 Å². The van der Waals surface area contributed by atoms with Crippen molar-refractivity contribution < 1.29 is 9.53 Å². The number of hydrogen-bond donors (Lipinski definition) is 1. The Bertz CT molecular complexity index is 935. The van der Waals surface area contributed by atoms with E-state index >= 15 is 0 Å². The van der Waals surface area contributed by atoms with E-state index in [9.17, 15) is 4.79 Å². The minimum Gasteiger partial charge on any atom is -0.494 e. The standard InChI is InChI=1S/C25H31Cl2N3O2.ClH/c26-23-8-6-21(18-24(23)27)28-25(31)30-14-9-19-5-7-22(17-20(19)10-15-30)32-16-4-13-29-11-2-1-3-12-29;/h5-8,17-18H,1-4,9-16H2,(H,28,31);1H. The van der Waals surface area contributed by atoms with Crippen LogP contribution >= 0.6 is 35.6 Å². The molecule has 2 heterocycles. The van der Waals surface area contributed by atoms with Gasteiger partial charge >= 0.3 is 6.03 Å². The molecule has 2 aromatic rings. The third-order valence-electron chi connectivity index (χ3n) is 6.27. The zero-order chi connectivity index (χ0) is 22.3. The number of hydrogen-bond acceptors (Lipinski definition) is 3. The number of anilines is 1. The average Bonchev–Trinajstić information content (AvgIpc) is 3.02. The van der Waals surface area contributed by atoms with Crippen LogP contribution in [-0.4, -0.2) is 55.2 Å². The number of nitrogens with one attached hydrogen (secondary N) is 1. The Morgan fingerprint density at radius 1 is 0.909 bits per heavy atom. The Kier molecular flexibility index (Phi) is 9.99. The minimum absolute atomic E-state index is 0. The molecule has 2 amide bonds. The number of ether oxygens (including phenoxy) is 1. The minimum atomic E-state index is -0.120. The van der Waals surface area contributed by atoms with E-state index in [-0.39, 0.29) is 18.4 Å². The van der Waals surface area contributed by atoms with Gasteiger partial charge in [0, 0.05) is 25.3 Å². The monoisotopic (exact) mass is 511 g/mol. The second-order valence-electron chi connectivity index (χ2n) is 8.58. The van der Waals surface area contributed by atoms with Crippen LogP contribution < -0.4 is 10.1 Å². The van der Waals surface area contributed by atoms with Gasteiger partial charge in [0.15, 0.2) is 0 Å². The lowest BCUT2D eigenvalue weighted by Gasteiger charge is -2.26. The number of likely N-dealkylation sites (tertiary alicyclic amines) is 1. The summed E-state index contributed by atoms with van der Waals surface area (Å²) in [5, 5.41) is 3.82. The van der Waals surface area contributed by atoms with Gasteiger partial charge in [-0.3, -0.25) is 0 Å². The molecule has 1 saturated heterocycles. The molecule has 33 heavy (non-hydrogen) atoms. The average molecular weight is 513 g/mol. The number of benzene rings is 2. The second-order valence-corrected chi connectivity index (χ2v) is 9.40. The predicted octanol–water partition coefficient (Wildman–Crippen LogP) is 6.30. The molecule has 8 heteroatoms.